The molecule has 60 valence electrons. The molecule has 0 radical (unpaired) electrons. The normalized spacial score (nSPS) is 16.6. The van der Waals surface area contributed by atoms with Crippen molar-refractivity contribution in [2.75, 3.05) is 0 Å². The van der Waals surface area contributed by atoms with Crippen molar-refractivity contribution in [3.05, 3.63) is 12.3 Å². The maximum Gasteiger partial charge on any atom is 0.197 e. The molecule has 0 saturated heterocycles. The van der Waals surface area contributed by atoms with E-state index in [1.54, 1.807) is 0 Å². The van der Waals surface area contributed by atoms with Gasteiger partial charge in [-0.15, -0.1) is 0 Å². The summed E-state index contributed by atoms with van der Waals surface area (Å²) in [5, 5.41) is 3.47. The highest BCUT2D eigenvalue weighted by Gasteiger charge is 2.12. The van der Waals surface area contributed by atoms with Crippen LogP contribution < -0.4 is 5.32 Å². The lowest BCUT2D eigenvalue weighted by Gasteiger charge is -1.98. The highest BCUT2D eigenvalue weighted by Crippen LogP contribution is 2.08. The number of hydrogen-bond acceptors (Lipinski definition) is 1. The molecule has 0 spiro atoms. The van der Waals surface area contributed by atoms with E-state index in [1.807, 2.05) is 0 Å². The summed E-state index contributed by atoms with van der Waals surface area (Å²) in [5.74, 6) is 0. The van der Waals surface area contributed by atoms with Gasteiger partial charge in [0, 0.05) is 0 Å². The van der Waals surface area contributed by atoms with Crippen molar-refractivity contribution in [2.24, 2.45) is 4.99 Å². The molecular weight excluding hydrogens is 156 g/mol. The van der Waals surface area contributed by atoms with Gasteiger partial charge in [0.05, 0.1) is 11.4 Å². The van der Waals surface area contributed by atoms with E-state index >= 15 is 0 Å². The van der Waals surface area contributed by atoms with E-state index in [0.29, 0.717) is 5.11 Å². The molecule has 3 heteroatoms. The Kier molecular flexibility index (Phi) is 2.76. The summed E-state index contributed by atoms with van der Waals surface area (Å²) in [4.78, 5) is 4.14. The Labute approximate surface area is 72.4 Å². The predicted octanol–water partition coefficient (Wildman–Crippen LogP) is 2.02. The fraction of sp³-hybridized carbons (Fsp3) is 0.500. The molecule has 1 heterocycles. The summed E-state index contributed by atoms with van der Waals surface area (Å²) >= 11 is 4.86. The lowest BCUT2D eigenvalue weighted by molar-refractivity contribution is 0.835. The van der Waals surface area contributed by atoms with Gasteiger partial charge < -0.3 is 5.32 Å². The Morgan fingerprint density at radius 2 is 2.36 bits per heavy atom. The Morgan fingerprint density at radius 1 is 1.64 bits per heavy atom. The van der Waals surface area contributed by atoms with E-state index in [-0.39, 0.29) is 0 Å². The molecule has 0 aromatic carbocycles. The largest absolute Gasteiger partial charge is 0.330 e. The summed E-state index contributed by atoms with van der Waals surface area (Å²) in [6.45, 7) is 5.97. The standard InChI is InChI=1S/C8H12N2S/c1-3-4-5-7-6(2)9-8(11)10-7/h2-5H2,1H3,(H,9,11). The monoisotopic (exact) mass is 168 g/mol. The quantitative estimate of drug-likeness (QED) is 0.652. The third-order valence-electron chi connectivity index (χ3n) is 1.61. The van der Waals surface area contributed by atoms with Crippen LogP contribution in [-0.4, -0.2) is 10.8 Å². The molecule has 0 aromatic heterocycles. The van der Waals surface area contributed by atoms with Crippen LogP contribution in [0.1, 0.15) is 26.2 Å². The van der Waals surface area contributed by atoms with Crippen molar-refractivity contribution >= 4 is 23.0 Å². The van der Waals surface area contributed by atoms with Crippen LogP contribution in [0, 0.1) is 0 Å². The first-order valence-corrected chi connectivity index (χ1v) is 4.22. The van der Waals surface area contributed by atoms with Gasteiger partial charge in [0.15, 0.2) is 5.11 Å². The van der Waals surface area contributed by atoms with Gasteiger partial charge >= 0.3 is 0 Å². The van der Waals surface area contributed by atoms with Gasteiger partial charge in [-0.1, -0.05) is 19.9 Å². The minimum Gasteiger partial charge on any atom is -0.330 e. The molecule has 2 nitrogen and oxygen atoms in total. The second kappa shape index (κ2) is 3.62. The van der Waals surface area contributed by atoms with Gasteiger partial charge in [-0.25, -0.2) is 4.99 Å². The zero-order valence-corrected chi connectivity index (χ0v) is 7.50. The maximum absolute atomic E-state index is 4.86. The van der Waals surface area contributed by atoms with E-state index in [1.165, 1.54) is 6.42 Å². The molecule has 1 N–H and O–H groups in total. The molecule has 0 unspecified atom stereocenters. The lowest BCUT2D eigenvalue weighted by Crippen LogP contribution is -2.12. The van der Waals surface area contributed by atoms with Crippen molar-refractivity contribution in [3.63, 3.8) is 0 Å². The Morgan fingerprint density at radius 3 is 2.82 bits per heavy atom. The highest BCUT2D eigenvalue weighted by atomic mass is 32.1. The summed E-state index contributed by atoms with van der Waals surface area (Å²) in [7, 11) is 0. The van der Waals surface area contributed by atoms with Crippen LogP contribution in [0.2, 0.25) is 0 Å². The number of thiocarbonyl (C=S) groups is 1. The molecule has 11 heavy (non-hydrogen) atoms. The molecule has 1 aliphatic heterocycles. The minimum absolute atomic E-state index is 0.557. The molecule has 0 fully saturated rings. The summed E-state index contributed by atoms with van der Waals surface area (Å²) < 4.78 is 0. The minimum atomic E-state index is 0.557. The van der Waals surface area contributed by atoms with E-state index in [4.69, 9.17) is 12.2 Å². The second-order valence-corrected chi connectivity index (χ2v) is 2.96. The Balaban J connectivity index is 2.50. The van der Waals surface area contributed by atoms with Crippen molar-refractivity contribution in [1.82, 2.24) is 5.32 Å². The zero-order valence-electron chi connectivity index (χ0n) is 6.68. The predicted molar refractivity (Wildman–Crippen MR) is 51.8 cm³/mol. The number of hydrogen-bond donors (Lipinski definition) is 1. The lowest BCUT2D eigenvalue weighted by atomic mass is 10.1. The third kappa shape index (κ3) is 2.12. The van der Waals surface area contributed by atoms with Crippen molar-refractivity contribution in [2.45, 2.75) is 26.2 Å². The van der Waals surface area contributed by atoms with Crippen LogP contribution in [0.25, 0.3) is 0 Å². The summed E-state index contributed by atoms with van der Waals surface area (Å²) in [6, 6.07) is 0. The molecule has 0 saturated carbocycles. The van der Waals surface area contributed by atoms with Gasteiger partial charge in [-0.3, -0.25) is 0 Å². The van der Waals surface area contributed by atoms with Crippen molar-refractivity contribution in [1.29, 1.82) is 0 Å². The molecule has 1 rings (SSSR count). The van der Waals surface area contributed by atoms with E-state index < -0.39 is 0 Å². The third-order valence-corrected chi connectivity index (χ3v) is 1.80. The number of rotatable bonds is 3. The summed E-state index contributed by atoms with van der Waals surface area (Å²) in [6.07, 6.45) is 3.32. The van der Waals surface area contributed by atoms with E-state index in [0.717, 1.165) is 24.3 Å². The molecular formula is C8H12N2S. The van der Waals surface area contributed by atoms with Crippen molar-refractivity contribution in [3.8, 4) is 0 Å². The molecule has 0 bridgehead atoms. The zero-order chi connectivity index (χ0) is 8.27. The van der Waals surface area contributed by atoms with Crippen molar-refractivity contribution < 1.29 is 0 Å². The van der Waals surface area contributed by atoms with Gasteiger partial charge in [0.2, 0.25) is 0 Å². The van der Waals surface area contributed by atoms with Crippen LogP contribution in [0.15, 0.2) is 17.3 Å². The fourth-order valence-corrected chi connectivity index (χ4v) is 1.20. The molecule has 0 aromatic rings. The highest BCUT2D eigenvalue weighted by molar-refractivity contribution is 7.80. The smallest absolute Gasteiger partial charge is 0.197 e. The van der Waals surface area contributed by atoms with Gasteiger partial charge in [-0.2, -0.15) is 0 Å². The summed E-state index contributed by atoms with van der Waals surface area (Å²) in [5.41, 5.74) is 1.90. The molecule has 0 amide bonds. The molecule has 0 atom stereocenters. The molecule has 0 aliphatic carbocycles. The van der Waals surface area contributed by atoms with Crippen LogP contribution >= 0.6 is 12.2 Å². The SMILES string of the molecule is C=C1NC(=S)N=C1CCCC. The van der Waals surface area contributed by atoms with E-state index in [9.17, 15) is 0 Å². The Bertz CT molecular complexity index is 218. The number of nitrogens with one attached hydrogen (secondary N) is 1. The van der Waals surface area contributed by atoms with Gasteiger partial charge in [0.25, 0.3) is 0 Å². The number of aliphatic imine (C=N–C) groups is 1. The number of nitrogens with zero attached hydrogens (tertiary/aromatic N) is 1. The first kappa shape index (κ1) is 8.40. The maximum atomic E-state index is 4.86. The Hall–Kier alpha value is -0.700. The average Bonchev–Trinajstić information content (AvgIpc) is 2.26. The topological polar surface area (TPSA) is 24.4 Å². The first-order chi connectivity index (χ1) is 5.24. The van der Waals surface area contributed by atoms with E-state index in [2.05, 4.69) is 23.8 Å². The first-order valence-electron chi connectivity index (χ1n) is 3.82. The van der Waals surface area contributed by atoms with Crippen LogP contribution in [0.5, 0.6) is 0 Å². The van der Waals surface area contributed by atoms with Crippen LogP contribution in [-0.2, 0) is 0 Å². The van der Waals surface area contributed by atoms with Crippen LogP contribution in [0.4, 0.5) is 0 Å². The second-order valence-electron chi connectivity index (χ2n) is 2.57. The fourth-order valence-electron chi connectivity index (χ4n) is 0.970. The molecule has 1 aliphatic rings. The van der Waals surface area contributed by atoms with Gasteiger partial charge in [0.1, 0.15) is 0 Å². The number of unbranched alkanes of at least 4 members (excludes halogenated alkanes) is 1. The number of allylic oxidation sites excluding steroid dienone is 1. The van der Waals surface area contributed by atoms with Gasteiger partial charge in [-0.05, 0) is 25.1 Å². The van der Waals surface area contributed by atoms with Crippen LogP contribution in [0.3, 0.4) is 0 Å². The average molecular weight is 168 g/mol.